The predicted octanol–water partition coefficient (Wildman–Crippen LogP) is 1.69. The van der Waals surface area contributed by atoms with Crippen LogP contribution in [-0.2, 0) is 9.59 Å². The summed E-state index contributed by atoms with van der Waals surface area (Å²) in [6.07, 6.45) is 7.24. The first-order chi connectivity index (χ1) is 9.15. The fourth-order valence-corrected chi connectivity index (χ4v) is 3.50. The molecule has 3 fully saturated rings. The van der Waals surface area contributed by atoms with Crippen molar-refractivity contribution in [2.75, 3.05) is 6.54 Å². The SMILES string of the molecule is CC1CCC(NC(=O)C2CCCN2C(=O)C2CC2)C1. The number of nitrogens with zero attached hydrogens (tertiary/aromatic N) is 1. The number of hydrogen-bond donors (Lipinski definition) is 1. The molecule has 3 atom stereocenters. The molecule has 3 unspecified atom stereocenters. The van der Waals surface area contributed by atoms with Crippen molar-refractivity contribution in [3.63, 3.8) is 0 Å². The van der Waals surface area contributed by atoms with E-state index in [0.29, 0.717) is 6.04 Å². The molecule has 4 heteroatoms. The van der Waals surface area contributed by atoms with Gasteiger partial charge in [0.25, 0.3) is 0 Å². The Morgan fingerprint density at radius 3 is 2.53 bits per heavy atom. The lowest BCUT2D eigenvalue weighted by molar-refractivity contribution is -0.139. The first-order valence-corrected chi connectivity index (χ1v) is 7.76. The summed E-state index contributed by atoms with van der Waals surface area (Å²) >= 11 is 0. The molecule has 1 saturated heterocycles. The number of nitrogens with one attached hydrogen (secondary N) is 1. The Morgan fingerprint density at radius 1 is 1.11 bits per heavy atom. The summed E-state index contributed by atoms with van der Waals surface area (Å²) < 4.78 is 0. The van der Waals surface area contributed by atoms with E-state index in [4.69, 9.17) is 0 Å². The minimum atomic E-state index is -0.191. The van der Waals surface area contributed by atoms with Gasteiger partial charge in [-0.05, 0) is 50.9 Å². The van der Waals surface area contributed by atoms with Gasteiger partial charge < -0.3 is 10.2 Å². The Hall–Kier alpha value is -1.06. The van der Waals surface area contributed by atoms with Crippen molar-refractivity contribution in [1.82, 2.24) is 10.2 Å². The zero-order chi connectivity index (χ0) is 13.4. The van der Waals surface area contributed by atoms with Crippen LogP contribution in [0.4, 0.5) is 0 Å². The van der Waals surface area contributed by atoms with Gasteiger partial charge in [0.05, 0.1) is 0 Å². The standard InChI is InChI=1S/C15H24N2O2/c1-10-4-7-12(9-10)16-14(18)13-3-2-8-17(13)15(19)11-5-6-11/h10-13H,2-9H2,1H3,(H,16,18). The Labute approximate surface area is 114 Å². The van der Waals surface area contributed by atoms with Crippen LogP contribution in [0, 0.1) is 11.8 Å². The van der Waals surface area contributed by atoms with Crippen LogP contribution in [0.25, 0.3) is 0 Å². The molecule has 0 spiro atoms. The highest BCUT2D eigenvalue weighted by molar-refractivity contribution is 5.90. The number of carbonyl (C=O) groups excluding carboxylic acids is 2. The van der Waals surface area contributed by atoms with Gasteiger partial charge in [0.2, 0.25) is 11.8 Å². The van der Waals surface area contributed by atoms with Gasteiger partial charge in [-0.3, -0.25) is 9.59 Å². The first-order valence-electron chi connectivity index (χ1n) is 7.76. The molecule has 1 N–H and O–H groups in total. The second-order valence-electron chi connectivity index (χ2n) is 6.59. The molecule has 106 valence electrons. The molecule has 2 aliphatic carbocycles. The molecule has 4 nitrogen and oxygen atoms in total. The van der Waals surface area contributed by atoms with E-state index in [1.165, 1.54) is 6.42 Å². The third-order valence-corrected chi connectivity index (χ3v) is 4.81. The van der Waals surface area contributed by atoms with E-state index in [-0.39, 0.29) is 23.8 Å². The Morgan fingerprint density at radius 2 is 1.89 bits per heavy atom. The van der Waals surface area contributed by atoms with Crippen molar-refractivity contribution >= 4 is 11.8 Å². The molecule has 2 saturated carbocycles. The molecule has 0 radical (unpaired) electrons. The number of carbonyl (C=O) groups is 2. The molecule has 1 aliphatic heterocycles. The second kappa shape index (κ2) is 5.14. The third kappa shape index (κ3) is 2.77. The van der Waals surface area contributed by atoms with E-state index in [1.807, 2.05) is 4.90 Å². The van der Waals surface area contributed by atoms with Gasteiger partial charge in [0, 0.05) is 18.5 Å². The molecular weight excluding hydrogens is 240 g/mol. The summed E-state index contributed by atoms with van der Waals surface area (Å²) in [5, 5.41) is 3.16. The van der Waals surface area contributed by atoms with Crippen LogP contribution in [0.1, 0.15) is 51.9 Å². The number of hydrogen-bond acceptors (Lipinski definition) is 2. The van der Waals surface area contributed by atoms with Crippen molar-refractivity contribution in [2.24, 2.45) is 11.8 Å². The van der Waals surface area contributed by atoms with Gasteiger partial charge in [-0.25, -0.2) is 0 Å². The van der Waals surface area contributed by atoms with Crippen molar-refractivity contribution in [1.29, 1.82) is 0 Å². The summed E-state index contributed by atoms with van der Waals surface area (Å²) in [7, 11) is 0. The first kappa shape index (κ1) is 12.9. The Balaban J connectivity index is 1.57. The van der Waals surface area contributed by atoms with Crippen molar-refractivity contribution in [3.05, 3.63) is 0 Å². The van der Waals surface area contributed by atoms with E-state index < -0.39 is 0 Å². The molecule has 19 heavy (non-hydrogen) atoms. The van der Waals surface area contributed by atoms with Crippen molar-refractivity contribution < 1.29 is 9.59 Å². The zero-order valence-electron chi connectivity index (χ0n) is 11.7. The lowest BCUT2D eigenvalue weighted by Gasteiger charge is -2.25. The fourth-order valence-electron chi connectivity index (χ4n) is 3.50. The summed E-state index contributed by atoms with van der Waals surface area (Å²) in [4.78, 5) is 26.4. The maximum Gasteiger partial charge on any atom is 0.243 e. The smallest absolute Gasteiger partial charge is 0.243 e. The summed E-state index contributed by atoms with van der Waals surface area (Å²) in [5.74, 6) is 1.25. The fraction of sp³-hybridized carbons (Fsp3) is 0.867. The molecule has 0 bridgehead atoms. The lowest BCUT2D eigenvalue weighted by Crippen LogP contribution is -2.48. The summed E-state index contributed by atoms with van der Waals surface area (Å²) in [6, 6.07) is 0.144. The topological polar surface area (TPSA) is 49.4 Å². The third-order valence-electron chi connectivity index (χ3n) is 4.81. The van der Waals surface area contributed by atoms with Crippen LogP contribution in [0.5, 0.6) is 0 Å². The highest BCUT2D eigenvalue weighted by Crippen LogP contribution is 2.34. The Kier molecular flexibility index (Phi) is 3.50. The molecule has 0 aromatic carbocycles. The summed E-state index contributed by atoms with van der Waals surface area (Å²) in [5.41, 5.74) is 0. The van der Waals surface area contributed by atoms with E-state index in [1.54, 1.807) is 0 Å². The molecule has 2 amide bonds. The maximum absolute atomic E-state index is 12.4. The van der Waals surface area contributed by atoms with Crippen LogP contribution in [-0.4, -0.2) is 35.3 Å². The second-order valence-corrected chi connectivity index (χ2v) is 6.59. The zero-order valence-corrected chi connectivity index (χ0v) is 11.7. The maximum atomic E-state index is 12.4. The molecule has 0 aromatic rings. The average molecular weight is 264 g/mol. The minimum Gasteiger partial charge on any atom is -0.352 e. The van der Waals surface area contributed by atoms with Gasteiger partial charge in [0.15, 0.2) is 0 Å². The molecule has 3 rings (SSSR count). The minimum absolute atomic E-state index is 0.0885. The summed E-state index contributed by atoms with van der Waals surface area (Å²) in [6.45, 7) is 3.01. The highest BCUT2D eigenvalue weighted by Gasteiger charge is 2.41. The van der Waals surface area contributed by atoms with E-state index in [9.17, 15) is 9.59 Å². The van der Waals surface area contributed by atoms with Gasteiger partial charge in [-0.2, -0.15) is 0 Å². The van der Waals surface area contributed by atoms with Gasteiger partial charge in [0.1, 0.15) is 6.04 Å². The van der Waals surface area contributed by atoms with Gasteiger partial charge >= 0.3 is 0 Å². The van der Waals surface area contributed by atoms with Gasteiger partial charge in [-0.1, -0.05) is 6.92 Å². The van der Waals surface area contributed by atoms with Crippen LogP contribution in [0.2, 0.25) is 0 Å². The molecule has 3 aliphatic rings. The molecule has 1 heterocycles. The van der Waals surface area contributed by atoms with Crippen LogP contribution < -0.4 is 5.32 Å². The average Bonchev–Trinajstić information content (AvgIpc) is 2.97. The molecular formula is C15H24N2O2. The van der Waals surface area contributed by atoms with Crippen molar-refractivity contribution in [3.8, 4) is 0 Å². The van der Waals surface area contributed by atoms with Crippen molar-refractivity contribution in [2.45, 2.75) is 64.0 Å². The number of amides is 2. The quantitative estimate of drug-likeness (QED) is 0.843. The largest absolute Gasteiger partial charge is 0.352 e. The van der Waals surface area contributed by atoms with Crippen LogP contribution in [0.15, 0.2) is 0 Å². The van der Waals surface area contributed by atoms with Crippen LogP contribution >= 0.6 is 0 Å². The predicted molar refractivity (Wildman–Crippen MR) is 72.4 cm³/mol. The van der Waals surface area contributed by atoms with E-state index in [0.717, 1.165) is 51.0 Å². The monoisotopic (exact) mass is 264 g/mol. The number of likely N-dealkylation sites (tertiary alicyclic amines) is 1. The highest BCUT2D eigenvalue weighted by atomic mass is 16.2. The van der Waals surface area contributed by atoms with Gasteiger partial charge in [-0.15, -0.1) is 0 Å². The molecule has 0 aromatic heterocycles. The van der Waals surface area contributed by atoms with E-state index in [2.05, 4.69) is 12.2 Å². The van der Waals surface area contributed by atoms with E-state index >= 15 is 0 Å². The van der Waals surface area contributed by atoms with Crippen LogP contribution in [0.3, 0.4) is 0 Å². The Bertz CT molecular complexity index is 378. The number of rotatable bonds is 3. The normalized spacial score (nSPS) is 34.6. The lowest BCUT2D eigenvalue weighted by atomic mass is 10.1.